The van der Waals surface area contributed by atoms with E-state index in [1.165, 1.54) is 30.3 Å². The van der Waals surface area contributed by atoms with Gasteiger partial charge in [-0.25, -0.2) is 12.8 Å². The summed E-state index contributed by atoms with van der Waals surface area (Å²) in [6.07, 6.45) is 0.586. The molecule has 3 rings (SSSR count). The van der Waals surface area contributed by atoms with E-state index in [0.717, 1.165) is 27.2 Å². The van der Waals surface area contributed by atoms with Gasteiger partial charge in [-0.2, -0.15) is 0 Å². The first-order chi connectivity index (χ1) is 15.8. The third-order valence-corrected chi connectivity index (χ3v) is 7.08. The van der Waals surface area contributed by atoms with Crippen LogP contribution in [0.4, 0.5) is 10.1 Å². The lowest BCUT2D eigenvalue weighted by Crippen LogP contribution is -2.42. The summed E-state index contributed by atoms with van der Waals surface area (Å²) in [6.45, 7) is 3.26. The van der Waals surface area contributed by atoms with Gasteiger partial charge >= 0.3 is 0 Å². The summed E-state index contributed by atoms with van der Waals surface area (Å²) in [4.78, 5) is 13.0. The first-order valence-corrected chi connectivity index (χ1v) is 12.0. The van der Waals surface area contributed by atoms with E-state index in [1.807, 2.05) is 32.0 Å². The molecule has 0 aliphatic carbocycles. The monoisotopic (exact) mass is 470 g/mol. The van der Waals surface area contributed by atoms with Crippen LogP contribution >= 0.6 is 0 Å². The van der Waals surface area contributed by atoms with Crippen molar-refractivity contribution < 1.29 is 22.3 Å². The Bertz CT molecular complexity index is 1220. The topological polar surface area (TPSA) is 75.7 Å². The van der Waals surface area contributed by atoms with Gasteiger partial charge < -0.3 is 10.1 Å². The molecule has 174 valence electrons. The summed E-state index contributed by atoms with van der Waals surface area (Å²) < 4.78 is 47.3. The zero-order valence-corrected chi connectivity index (χ0v) is 19.6. The zero-order valence-electron chi connectivity index (χ0n) is 18.8. The van der Waals surface area contributed by atoms with Crippen molar-refractivity contribution in [2.24, 2.45) is 0 Å². The van der Waals surface area contributed by atoms with E-state index < -0.39 is 28.3 Å². The Morgan fingerprint density at radius 2 is 1.73 bits per heavy atom. The third kappa shape index (κ3) is 5.51. The van der Waals surface area contributed by atoms with Gasteiger partial charge in [0.25, 0.3) is 10.0 Å². The average molecular weight is 471 g/mol. The van der Waals surface area contributed by atoms with E-state index in [9.17, 15) is 17.6 Å². The Morgan fingerprint density at radius 3 is 2.33 bits per heavy atom. The number of carbonyl (C=O) groups excluding carboxylic acids is 1. The molecule has 0 aliphatic heterocycles. The second kappa shape index (κ2) is 10.5. The molecule has 0 spiro atoms. The van der Waals surface area contributed by atoms with Crippen LogP contribution < -0.4 is 14.4 Å². The quantitative estimate of drug-likeness (QED) is 0.496. The van der Waals surface area contributed by atoms with Crippen molar-refractivity contribution in [1.82, 2.24) is 5.32 Å². The average Bonchev–Trinajstić information content (AvgIpc) is 2.82. The molecule has 0 radical (unpaired) electrons. The number of benzene rings is 3. The number of hydrogen-bond donors (Lipinski definition) is 1. The smallest absolute Gasteiger partial charge is 0.264 e. The number of hydrogen-bond acceptors (Lipinski definition) is 4. The number of ether oxygens (including phenoxy) is 1. The van der Waals surface area contributed by atoms with Crippen molar-refractivity contribution in [2.45, 2.75) is 31.2 Å². The van der Waals surface area contributed by atoms with Crippen molar-refractivity contribution >= 4 is 21.6 Å². The molecule has 0 saturated carbocycles. The standard InChI is InChI=1S/C25H27FN2O4S/c1-4-22(19-14-15-24(32-3)18(2)16-19)27-25(29)17-28(23-13-9-8-12-21(23)26)33(30,31)20-10-6-5-7-11-20/h5-16,22H,4,17H2,1-3H3,(H,27,29). The number of para-hydroxylation sites is 1. The number of anilines is 1. The largest absolute Gasteiger partial charge is 0.496 e. The van der Waals surface area contributed by atoms with Crippen LogP contribution in [0.3, 0.4) is 0 Å². The Morgan fingerprint density at radius 1 is 1.06 bits per heavy atom. The van der Waals surface area contributed by atoms with Crippen LogP contribution in [-0.2, 0) is 14.8 Å². The second-order valence-corrected chi connectivity index (χ2v) is 9.40. The summed E-state index contributed by atoms with van der Waals surface area (Å²) in [5.74, 6) is -0.541. The van der Waals surface area contributed by atoms with Gasteiger partial charge in [-0.1, -0.05) is 49.4 Å². The molecule has 0 bridgehead atoms. The number of methoxy groups -OCH3 is 1. The van der Waals surface area contributed by atoms with Crippen LogP contribution in [0.2, 0.25) is 0 Å². The van der Waals surface area contributed by atoms with E-state index in [-0.39, 0.29) is 16.6 Å². The Kier molecular flexibility index (Phi) is 7.71. The van der Waals surface area contributed by atoms with Crippen molar-refractivity contribution in [3.63, 3.8) is 0 Å². The second-order valence-electron chi connectivity index (χ2n) is 7.53. The van der Waals surface area contributed by atoms with Gasteiger partial charge in [-0.3, -0.25) is 9.10 Å². The van der Waals surface area contributed by atoms with Crippen LogP contribution in [0.5, 0.6) is 5.75 Å². The number of amides is 1. The Balaban J connectivity index is 1.90. The fraction of sp³-hybridized carbons (Fsp3) is 0.240. The molecule has 1 amide bonds. The Labute approximate surface area is 194 Å². The highest BCUT2D eigenvalue weighted by atomic mass is 32.2. The summed E-state index contributed by atoms with van der Waals surface area (Å²) in [7, 11) is -2.59. The third-order valence-electron chi connectivity index (χ3n) is 5.30. The van der Waals surface area contributed by atoms with E-state index in [1.54, 1.807) is 25.3 Å². The minimum atomic E-state index is -4.18. The van der Waals surface area contributed by atoms with E-state index in [4.69, 9.17) is 4.74 Å². The summed E-state index contributed by atoms with van der Waals surface area (Å²) >= 11 is 0. The molecular formula is C25H27FN2O4S. The van der Waals surface area contributed by atoms with Crippen LogP contribution in [0.1, 0.15) is 30.5 Å². The number of aryl methyl sites for hydroxylation is 1. The highest BCUT2D eigenvalue weighted by Gasteiger charge is 2.29. The van der Waals surface area contributed by atoms with Crippen molar-refractivity contribution in [2.75, 3.05) is 18.0 Å². The van der Waals surface area contributed by atoms with E-state index in [2.05, 4.69) is 5.32 Å². The molecular weight excluding hydrogens is 443 g/mol. The maximum atomic E-state index is 14.6. The predicted molar refractivity (Wildman–Crippen MR) is 126 cm³/mol. The van der Waals surface area contributed by atoms with Gasteiger partial charge in [0.05, 0.1) is 23.7 Å². The molecule has 6 nitrogen and oxygen atoms in total. The predicted octanol–water partition coefficient (Wildman–Crippen LogP) is 4.61. The fourth-order valence-electron chi connectivity index (χ4n) is 3.58. The molecule has 0 heterocycles. The van der Waals surface area contributed by atoms with Gasteiger partial charge in [-0.15, -0.1) is 0 Å². The Hall–Kier alpha value is -3.39. The molecule has 8 heteroatoms. The normalized spacial score (nSPS) is 12.1. The van der Waals surface area contributed by atoms with Crippen LogP contribution in [0.25, 0.3) is 0 Å². The highest BCUT2D eigenvalue weighted by molar-refractivity contribution is 7.92. The summed E-state index contributed by atoms with van der Waals surface area (Å²) in [5, 5.41) is 2.88. The molecule has 1 unspecified atom stereocenters. The molecule has 0 saturated heterocycles. The van der Waals surface area contributed by atoms with Gasteiger partial charge in [0.1, 0.15) is 18.1 Å². The zero-order chi connectivity index (χ0) is 24.0. The fourth-order valence-corrected chi connectivity index (χ4v) is 5.03. The van der Waals surface area contributed by atoms with Crippen molar-refractivity contribution in [3.05, 3.63) is 89.7 Å². The number of sulfonamides is 1. The van der Waals surface area contributed by atoms with Crippen molar-refractivity contribution in [1.29, 1.82) is 0 Å². The first kappa shape index (κ1) is 24.3. The maximum Gasteiger partial charge on any atom is 0.264 e. The highest BCUT2D eigenvalue weighted by Crippen LogP contribution is 2.27. The number of halogens is 1. The summed E-state index contributed by atoms with van der Waals surface area (Å²) in [5.41, 5.74) is 1.60. The van der Waals surface area contributed by atoms with Gasteiger partial charge in [0, 0.05) is 0 Å². The molecule has 1 atom stereocenters. The lowest BCUT2D eigenvalue weighted by atomic mass is 10.0. The van der Waals surface area contributed by atoms with Gasteiger partial charge in [0.2, 0.25) is 5.91 Å². The maximum absolute atomic E-state index is 14.6. The molecule has 1 N–H and O–H groups in total. The van der Waals surface area contributed by atoms with Crippen LogP contribution in [-0.4, -0.2) is 28.0 Å². The molecule has 0 fully saturated rings. The molecule has 0 aromatic heterocycles. The molecule has 0 aliphatic rings. The molecule has 3 aromatic carbocycles. The number of carbonyl (C=O) groups is 1. The lowest BCUT2D eigenvalue weighted by molar-refractivity contribution is -0.120. The minimum Gasteiger partial charge on any atom is -0.496 e. The van der Waals surface area contributed by atoms with Crippen molar-refractivity contribution in [3.8, 4) is 5.75 Å². The number of rotatable bonds is 9. The molecule has 3 aromatic rings. The summed E-state index contributed by atoms with van der Waals surface area (Å²) in [6, 6.07) is 18.4. The van der Waals surface area contributed by atoms with E-state index >= 15 is 0 Å². The molecule has 33 heavy (non-hydrogen) atoms. The van der Waals surface area contributed by atoms with Gasteiger partial charge in [0.15, 0.2) is 0 Å². The lowest BCUT2D eigenvalue weighted by Gasteiger charge is -2.26. The van der Waals surface area contributed by atoms with E-state index in [0.29, 0.717) is 6.42 Å². The number of nitrogens with zero attached hydrogens (tertiary/aromatic N) is 1. The minimum absolute atomic E-state index is 0.0288. The number of nitrogens with one attached hydrogen (secondary N) is 1. The first-order valence-electron chi connectivity index (χ1n) is 10.5. The van der Waals surface area contributed by atoms with Gasteiger partial charge in [-0.05, 0) is 54.8 Å². The SMILES string of the molecule is CCC(NC(=O)CN(c1ccccc1F)S(=O)(=O)c1ccccc1)c1ccc(OC)c(C)c1. The van der Waals surface area contributed by atoms with Crippen LogP contribution in [0, 0.1) is 12.7 Å². The van der Waals surface area contributed by atoms with Crippen LogP contribution in [0.15, 0.2) is 77.7 Å².